The summed E-state index contributed by atoms with van der Waals surface area (Å²) in [5, 5.41) is 19.6. The van der Waals surface area contributed by atoms with Gasteiger partial charge in [-0.25, -0.2) is 0 Å². The number of nitrogens with zero attached hydrogens (tertiary/aromatic N) is 5. The number of anilines is 1. The molecule has 8 heteroatoms. The molecular formula is C16H10Cl2N6. The summed E-state index contributed by atoms with van der Waals surface area (Å²) in [5.74, 6) is 0.597. The van der Waals surface area contributed by atoms with E-state index in [-0.39, 0.29) is 0 Å². The number of fused-ring (bicyclic) bond motifs is 3. The number of rotatable bonds is 3. The van der Waals surface area contributed by atoms with Gasteiger partial charge in [-0.05, 0) is 12.1 Å². The second kappa shape index (κ2) is 6.07. The number of hydrazone groups is 1. The first-order valence-electron chi connectivity index (χ1n) is 7.05. The lowest BCUT2D eigenvalue weighted by Crippen LogP contribution is -2.00. The van der Waals surface area contributed by atoms with Crippen LogP contribution in [0.5, 0.6) is 0 Å². The molecule has 6 nitrogen and oxygen atoms in total. The van der Waals surface area contributed by atoms with Gasteiger partial charge in [0.25, 0.3) is 0 Å². The zero-order chi connectivity index (χ0) is 16.5. The SMILES string of the molecule is Clc1ccc(/C=N\Nc2nn3cnnc3c3ccccc23)c(Cl)c1. The van der Waals surface area contributed by atoms with Gasteiger partial charge in [0.2, 0.25) is 0 Å². The summed E-state index contributed by atoms with van der Waals surface area (Å²) in [6.45, 7) is 0. The topological polar surface area (TPSA) is 67.5 Å². The van der Waals surface area contributed by atoms with Crippen molar-refractivity contribution in [3.8, 4) is 0 Å². The highest BCUT2D eigenvalue weighted by atomic mass is 35.5. The van der Waals surface area contributed by atoms with Crippen molar-refractivity contribution in [1.29, 1.82) is 0 Å². The maximum absolute atomic E-state index is 6.13. The molecule has 0 spiro atoms. The standard InChI is InChI=1S/C16H10Cl2N6/c17-11-6-5-10(14(18)7-11)8-19-21-15-12-3-1-2-4-13(12)16-22-20-9-24(16)23-15/h1-9H,(H,21,23)/b19-8-. The molecule has 0 bridgehead atoms. The van der Waals surface area contributed by atoms with Gasteiger partial charge in [0, 0.05) is 21.4 Å². The molecule has 1 N–H and O–H groups in total. The number of hydrogen-bond acceptors (Lipinski definition) is 5. The number of nitrogens with one attached hydrogen (secondary N) is 1. The van der Waals surface area contributed by atoms with Crippen molar-refractivity contribution in [2.45, 2.75) is 0 Å². The Morgan fingerprint density at radius 1 is 1.08 bits per heavy atom. The largest absolute Gasteiger partial charge is 0.259 e. The van der Waals surface area contributed by atoms with Crippen molar-refractivity contribution in [1.82, 2.24) is 19.8 Å². The molecule has 0 saturated heterocycles. The summed E-state index contributed by atoms with van der Waals surface area (Å²) in [5.41, 5.74) is 4.40. The van der Waals surface area contributed by atoms with Crippen LogP contribution in [0.25, 0.3) is 16.4 Å². The van der Waals surface area contributed by atoms with Crippen molar-refractivity contribution < 1.29 is 0 Å². The van der Waals surface area contributed by atoms with Crippen LogP contribution in [0.3, 0.4) is 0 Å². The quantitative estimate of drug-likeness (QED) is 0.444. The predicted molar refractivity (Wildman–Crippen MR) is 96.0 cm³/mol. The Bertz CT molecular complexity index is 1070. The van der Waals surface area contributed by atoms with Gasteiger partial charge in [-0.2, -0.15) is 9.62 Å². The molecule has 0 unspecified atom stereocenters. The number of aromatic nitrogens is 4. The van der Waals surface area contributed by atoms with Gasteiger partial charge in [-0.1, -0.05) is 53.5 Å². The van der Waals surface area contributed by atoms with E-state index in [1.807, 2.05) is 24.3 Å². The molecule has 0 aliphatic heterocycles. The Hall–Kier alpha value is -2.70. The molecule has 0 amide bonds. The fourth-order valence-electron chi connectivity index (χ4n) is 2.38. The molecule has 4 aromatic rings. The first-order chi connectivity index (χ1) is 11.7. The minimum absolute atomic E-state index is 0.528. The molecule has 0 saturated carbocycles. The lowest BCUT2D eigenvalue weighted by atomic mass is 10.2. The minimum Gasteiger partial charge on any atom is -0.259 e. The van der Waals surface area contributed by atoms with Crippen LogP contribution in [0.2, 0.25) is 10.0 Å². The Morgan fingerprint density at radius 2 is 1.92 bits per heavy atom. The van der Waals surface area contributed by atoms with Gasteiger partial charge in [0.05, 0.1) is 11.2 Å². The van der Waals surface area contributed by atoms with Crippen LogP contribution in [-0.4, -0.2) is 26.0 Å². The average molecular weight is 357 g/mol. The van der Waals surface area contributed by atoms with Gasteiger partial charge in [-0.3, -0.25) is 5.43 Å². The zero-order valence-electron chi connectivity index (χ0n) is 12.2. The molecule has 0 radical (unpaired) electrons. The van der Waals surface area contributed by atoms with E-state index in [9.17, 15) is 0 Å². The van der Waals surface area contributed by atoms with Crippen LogP contribution in [0.1, 0.15) is 5.56 Å². The molecule has 0 atom stereocenters. The van der Waals surface area contributed by atoms with E-state index in [0.717, 1.165) is 16.3 Å². The maximum Gasteiger partial charge on any atom is 0.185 e. The Balaban J connectivity index is 1.72. The normalized spacial score (nSPS) is 11.6. The first-order valence-corrected chi connectivity index (χ1v) is 7.81. The molecule has 0 aliphatic rings. The van der Waals surface area contributed by atoms with Crippen LogP contribution in [0.15, 0.2) is 53.9 Å². The van der Waals surface area contributed by atoms with Crippen molar-refractivity contribution in [3.05, 3.63) is 64.4 Å². The lowest BCUT2D eigenvalue weighted by Gasteiger charge is -2.06. The number of benzene rings is 2. The average Bonchev–Trinajstić information content (AvgIpc) is 3.05. The third-order valence-corrected chi connectivity index (χ3v) is 4.06. The van der Waals surface area contributed by atoms with E-state index in [4.69, 9.17) is 23.2 Å². The Labute approximate surface area is 146 Å². The molecular weight excluding hydrogens is 347 g/mol. The van der Waals surface area contributed by atoms with Crippen LogP contribution in [0.4, 0.5) is 5.82 Å². The summed E-state index contributed by atoms with van der Waals surface area (Å²) in [6.07, 6.45) is 3.16. The predicted octanol–water partition coefficient (Wildman–Crippen LogP) is 4.03. The first kappa shape index (κ1) is 14.9. The third kappa shape index (κ3) is 2.66. The molecule has 2 heterocycles. The summed E-state index contributed by atoms with van der Waals surface area (Å²) in [7, 11) is 0. The summed E-state index contributed by atoms with van der Waals surface area (Å²) in [4.78, 5) is 0. The molecule has 4 rings (SSSR count). The maximum atomic E-state index is 6.13. The van der Waals surface area contributed by atoms with E-state index in [2.05, 4.69) is 25.8 Å². The van der Waals surface area contributed by atoms with E-state index >= 15 is 0 Å². The number of hydrogen-bond donors (Lipinski definition) is 1. The highest BCUT2D eigenvalue weighted by Gasteiger charge is 2.08. The smallest absolute Gasteiger partial charge is 0.185 e. The molecule has 118 valence electrons. The van der Waals surface area contributed by atoms with Gasteiger partial charge >= 0.3 is 0 Å². The van der Waals surface area contributed by atoms with Gasteiger partial charge in [0.1, 0.15) is 6.33 Å². The zero-order valence-corrected chi connectivity index (χ0v) is 13.7. The molecule has 2 aromatic heterocycles. The lowest BCUT2D eigenvalue weighted by molar-refractivity contribution is 0.934. The highest BCUT2D eigenvalue weighted by Crippen LogP contribution is 2.24. The summed E-state index contributed by atoms with van der Waals surface area (Å²) < 4.78 is 1.61. The van der Waals surface area contributed by atoms with Crippen molar-refractivity contribution in [3.63, 3.8) is 0 Å². The van der Waals surface area contributed by atoms with Crippen LogP contribution < -0.4 is 5.43 Å². The van der Waals surface area contributed by atoms with E-state index in [0.29, 0.717) is 21.5 Å². The van der Waals surface area contributed by atoms with Crippen LogP contribution >= 0.6 is 23.2 Å². The highest BCUT2D eigenvalue weighted by molar-refractivity contribution is 6.36. The second-order valence-corrected chi connectivity index (χ2v) is 5.87. The number of halogens is 2. The van der Waals surface area contributed by atoms with Crippen molar-refractivity contribution in [2.75, 3.05) is 5.43 Å². The third-order valence-electron chi connectivity index (χ3n) is 3.50. The Kier molecular flexibility index (Phi) is 3.76. The summed E-state index contributed by atoms with van der Waals surface area (Å²) in [6, 6.07) is 13.0. The van der Waals surface area contributed by atoms with Crippen molar-refractivity contribution >= 4 is 51.7 Å². The Morgan fingerprint density at radius 3 is 2.75 bits per heavy atom. The fraction of sp³-hybridized carbons (Fsp3) is 0. The van der Waals surface area contributed by atoms with E-state index in [1.165, 1.54) is 0 Å². The van der Waals surface area contributed by atoms with E-state index in [1.54, 1.807) is 35.3 Å². The minimum atomic E-state index is 0.528. The molecule has 24 heavy (non-hydrogen) atoms. The molecule has 0 aliphatic carbocycles. The van der Waals surface area contributed by atoms with Gasteiger partial charge in [0.15, 0.2) is 11.5 Å². The summed E-state index contributed by atoms with van der Waals surface area (Å²) >= 11 is 12.0. The van der Waals surface area contributed by atoms with E-state index < -0.39 is 0 Å². The van der Waals surface area contributed by atoms with Gasteiger partial charge < -0.3 is 0 Å². The van der Waals surface area contributed by atoms with Gasteiger partial charge in [-0.15, -0.1) is 15.3 Å². The second-order valence-electron chi connectivity index (χ2n) is 5.03. The van der Waals surface area contributed by atoms with Crippen LogP contribution in [0, 0.1) is 0 Å². The molecule has 2 aromatic carbocycles. The fourth-order valence-corrected chi connectivity index (χ4v) is 2.84. The monoisotopic (exact) mass is 356 g/mol. The molecule has 0 fully saturated rings. The van der Waals surface area contributed by atoms with Crippen molar-refractivity contribution in [2.24, 2.45) is 5.10 Å². The van der Waals surface area contributed by atoms with Crippen LogP contribution in [-0.2, 0) is 0 Å².